The fraction of sp³-hybridized carbons (Fsp3) is 0.500. The Labute approximate surface area is 105 Å². The van der Waals surface area contributed by atoms with Crippen LogP contribution in [0.3, 0.4) is 0 Å². The molecule has 4 heteroatoms. The lowest BCUT2D eigenvalue weighted by Crippen LogP contribution is -2.31. The Morgan fingerprint density at radius 1 is 1.22 bits per heavy atom. The molecule has 0 bridgehead atoms. The number of carbonyl (C=O) groups excluding carboxylic acids is 1. The average molecular weight is 249 g/mol. The molecule has 1 N–H and O–H groups in total. The minimum absolute atomic E-state index is 0.0587. The number of aliphatic hydroxyl groups is 1. The Balaban J connectivity index is 1.73. The number of hydrogen-bond donors (Lipinski definition) is 1. The predicted octanol–water partition coefficient (Wildman–Crippen LogP) is 1.67. The number of likely N-dealkylation sites (tertiary alicyclic amines) is 1. The summed E-state index contributed by atoms with van der Waals surface area (Å²) in [7, 11) is 0. The van der Waals surface area contributed by atoms with Gasteiger partial charge in [0.15, 0.2) is 0 Å². The van der Waals surface area contributed by atoms with Crippen LogP contribution in [0.15, 0.2) is 24.3 Å². The fourth-order valence-electron chi connectivity index (χ4n) is 3.18. The molecule has 1 saturated carbocycles. The van der Waals surface area contributed by atoms with E-state index in [2.05, 4.69) is 0 Å². The first kappa shape index (κ1) is 11.7. The van der Waals surface area contributed by atoms with Crippen molar-refractivity contribution in [3.63, 3.8) is 0 Å². The number of rotatable bonds is 1. The van der Waals surface area contributed by atoms with Crippen LogP contribution in [-0.4, -0.2) is 35.1 Å². The van der Waals surface area contributed by atoms with Crippen LogP contribution in [0.5, 0.6) is 0 Å². The Kier molecular flexibility index (Phi) is 2.82. The first-order valence-electron chi connectivity index (χ1n) is 6.38. The molecule has 96 valence electrons. The number of amides is 1. The second-order valence-corrected chi connectivity index (χ2v) is 5.29. The zero-order valence-electron chi connectivity index (χ0n) is 10.1. The highest BCUT2D eigenvalue weighted by atomic mass is 19.1. The molecule has 1 aliphatic carbocycles. The minimum Gasteiger partial charge on any atom is -0.393 e. The van der Waals surface area contributed by atoms with Crippen LogP contribution < -0.4 is 0 Å². The van der Waals surface area contributed by atoms with Gasteiger partial charge in [0.25, 0.3) is 5.91 Å². The van der Waals surface area contributed by atoms with Gasteiger partial charge in [-0.2, -0.15) is 0 Å². The van der Waals surface area contributed by atoms with Gasteiger partial charge in [-0.3, -0.25) is 4.79 Å². The number of benzene rings is 1. The van der Waals surface area contributed by atoms with Crippen molar-refractivity contribution in [2.75, 3.05) is 13.1 Å². The van der Waals surface area contributed by atoms with E-state index in [1.165, 1.54) is 24.3 Å². The monoisotopic (exact) mass is 249 g/mol. The molecule has 1 aliphatic heterocycles. The zero-order chi connectivity index (χ0) is 12.7. The fourth-order valence-corrected chi connectivity index (χ4v) is 3.18. The van der Waals surface area contributed by atoms with E-state index >= 15 is 0 Å². The molecule has 0 spiro atoms. The van der Waals surface area contributed by atoms with Gasteiger partial charge in [0, 0.05) is 24.6 Å². The first-order chi connectivity index (χ1) is 8.65. The molecule has 0 radical (unpaired) electrons. The summed E-state index contributed by atoms with van der Waals surface area (Å²) in [5.41, 5.74) is 0.519. The highest BCUT2D eigenvalue weighted by Gasteiger charge is 2.43. The highest BCUT2D eigenvalue weighted by molar-refractivity contribution is 5.94. The molecule has 18 heavy (non-hydrogen) atoms. The normalized spacial score (nSPS) is 30.6. The first-order valence-corrected chi connectivity index (χ1v) is 6.38. The smallest absolute Gasteiger partial charge is 0.253 e. The van der Waals surface area contributed by atoms with E-state index in [1.807, 2.05) is 0 Å². The molecular formula is C14H16FNO2. The second-order valence-electron chi connectivity index (χ2n) is 5.29. The summed E-state index contributed by atoms with van der Waals surface area (Å²) in [6.45, 7) is 1.35. The molecule has 3 unspecified atom stereocenters. The van der Waals surface area contributed by atoms with E-state index in [0.29, 0.717) is 18.0 Å². The van der Waals surface area contributed by atoms with Gasteiger partial charge < -0.3 is 10.0 Å². The van der Waals surface area contributed by atoms with E-state index in [4.69, 9.17) is 0 Å². The number of fused-ring (bicyclic) bond motifs is 1. The van der Waals surface area contributed by atoms with Crippen molar-refractivity contribution in [2.45, 2.75) is 18.9 Å². The van der Waals surface area contributed by atoms with E-state index in [-0.39, 0.29) is 23.7 Å². The lowest BCUT2D eigenvalue weighted by Gasteiger charge is -2.18. The lowest BCUT2D eigenvalue weighted by atomic mass is 10.00. The van der Waals surface area contributed by atoms with Crippen LogP contribution in [-0.2, 0) is 0 Å². The van der Waals surface area contributed by atoms with Crippen LogP contribution in [0, 0.1) is 17.7 Å². The molecule has 3 atom stereocenters. The largest absolute Gasteiger partial charge is 0.393 e. The van der Waals surface area contributed by atoms with Crippen LogP contribution in [0.1, 0.15) is 23.2 Å². The molecule has 2 aliphatic rings. The van der Waals surface area contributed by atoms with Gasteiger partial charge >= 0.3 is 0 Å². The van der Waals surface area contributed by atoms with Gasteiger partial charge in [0.2, 0.25) is 0 Å². The second kappa shape index (κ2) is 4.35. The summed E-state index contributed by atoms with van der Waals surface area (Å²) in [6.07, 6.45) is 1.59. The van der Waals surface area contributed by atoms with Gasteiger partial charge in [-0.1, -0.05) is 0 Å². The van der Waals surface area contributed by atoms with Crippen molar-refractivity contribution < 1.29 is 14.3 Å². The van der Waals surface area contributed by atoms with Crippen LogP contribution in [0.4, 0.5) is 4.39 Å². The summed E-state index contributed by atoms with van der Waals surface area (Å²) in [5.74, 6) is 0.274. The number of nitrogens with zero attached hydrogens (tertiary/aromatic N) is 1. The number of halogens is 1. The Morgan fingerprint density at radius 3 is 2.61 bits per heavy atom. The summed E-state index contributed by atoms with van der Waals surface area (Å²) in [5, 5.41) is 9.82. The average Bonchev–Trinajstić information content (AvgIpc) is 2.92. The van der Waals surface area contributed by atoms with Crippen molar-refractivity contribution in [1.82, 2.24) is 4.90 Å². The maximum Gasteiger partial charge on any atom is 0.253 e. The van der Waals surface area contributed by atoms with Gasteiger partial charge in [-0.15, -0.1) is 0 Å². The lowest BCUT2D eigenvalue weighted by molar-refractivity contribution is 0.0752. The standard InChI is InChI=1S/C14H16FNO2/c15-11-4-1-9(2-5-11)14(18)16-7-10-3-6-13(17)12(10)8-16/h1-2,4-5,10,12-13,17H,3,6-8H2. The minimum atomic E-state index is -0.333. The summed E-state index contributed by atoms with van der Waals surface area (Å²) in [6, 6.07) is 5.64. The highest BCUT2D eigenvalue weighted by Crippen LogP contribution is 2.38. The van der Waals surface area contributed by atoms with Gasteiger partial charge in [0.1, 0.15) is 5.82 Å². The topological polar surface area (TPSA) is 40.5 Å². The molecule has 1 saturated heterocycles. The Bertz CT molecular complexity index is 459. The maximum absolute atomic E-state index is 12.8. The van der Waals surface area contributed by atoms with Crippen LogP contribution >= 0.6 is 0 Å². The molecule has 3 rings (SSSR count). The van der Waals surface area contributed by atoms with Crippen molar-refractivity contribution >= 4 is 5.91 Å². The Morgan fingerprint density at radius 2 is 1.94 bits per heavy atom. The number of hydrogen-bond acceptors (Lipinski definition) is 2. The van der Waals surface area contributed by atoms with Crippen LogP contribution in [0.25, 0.3) is 0 Å². The number of aliphatic hydroxyl groups excluding tert-OH is 1. The quantitative estimate of drug-likeness (QED) is 0.822. The van der Waals surface area contributed by atoms with Gasteiger partial charge in [-0.25, -0.2) is 4.39 Å². The predicted molar refractivity (Wildman–Crippen MR) is 64.5 cm³/mol. The van der Waals surface area contributed by atoms with E-state index in [1.54, 1.807) is 4.90 Å². The molecule has 2 fully saturated rings. The van der Waals surface area contributed by atoms with Crippen molar-refractivity contribution in [3.8, 4) is 0 Å². The molecule has 1 aromatic rings. The molecule has 3 nitrogen and oxygen atoms in total. The third-order valence-electron chi connectivity index (χ3n) is 4.20. The third-order valence-corrected chi connectivity index (χ3v) is 4.20. The van der Waals surface area contributed by atoms with Gasteiger partial charge in [-0.05, 0) is 43.0 Å². The van der Waals surface area contributed by atoms with Crippen LogP contribution in [0.2, 0.25) is 0 Å². The SMILES string of the molecule is O=C(c1ccc(F)cc1)N1CC2CCC(O)C2C1. The zero-order valence-corrected chi connectivity index (χ0v) is 10.1. The molecular weight excluding hydrogens is 233 g/mol. The molecule has 1 aromatic carbocycles. The van der Waals surface area contributed by atoms with Crippen molar-refractivity contribution in [1.29, 1.82) is 0 Å². The molecule has 1 amide bonds. The third kappa shape index (κ3) is 1.90. The van der Waals surface area contributed by atoms with E-state index in [0.717, 1.165) is 19.4 Å². The van der Waals surface area contributed by atoms with Crippen molar-refractivity contribution in [3.05, 3.63) is 35.6 Å². The summed E-state index contributed by atoms with van der Waals surface area (Å²) < 4.78 is 12.8. The Hall–Kier alpha value is -1.42. The molecule has 0 aromatic heterocycles. The number of carbonyl (C=O) groups is 1. The van der Waals surface area contributed by atoms with E-state index < -0.39 is 0 Å². The molecule has 1 heterocycles. The van der Waals surface area contributed by atoms with Gasteiger partial charge in [0.05, 0.1) is 6.10 Å². The van der Waals surface area contributed by atoms with Crippen molar-refractivity contribution in [2.24, 2.45) is 11.8 Å². The maximum atomic E-state index is 12.8. The summed E-state index contributed by atoms with van der Waals surface area (Å²) >= 11 is 0. The summed E-state index contributed by atoms with van der Waals surface area (Å²) in [4.78, 5) is 14.0. The van der Waals surface area contributed by atoms with E-state index in [9.17, 15) is 14.3 Å².